The number of benzene rings is 1. The Bertz CT molecular complexity index is 203. The van der Waals surface area contributed by atoms with Crippen LogP contribution in [0.25, 0.3) is 0 Å². The van der Waals surface area contributed by atoms with Crippen LogP contribution in [-0.2, 0) is 5.11 Å². The van der Waals surface area contributed by atoms with Crippen molar-refractivity contribution in [1.29, 1.82) is 0 Å². The van der Waals surface area contributed by atoms with Crippen LogP contribution in [0.4, 0.5) is 4.39 Å². The quantitative estimate of drug-likeness (QED) is 0.640. The van der Waals surface area contributed by atoms with E-state index in [0.29, 0.717) is 5.56 Å². The smallest absolute Gasteiger partial charge is 0.166 e. The predicted octanol–water partition coefficient (Wildman–Crippen LogP) is 2.78. The lowest BCUT2D eigenvalue weighted by atomic mass is 10.2. The van der Waals surface area contributed by atoms with Crippen molar-refractivity contribution in [2.45, 2.75) is 5.44 Å². The van der Waals surface area contributed by atoms with Crippen LogP contribution in [0.1, 0.15) is 11.0 Å². The minimum atomic E-state index is -0.985. The molecule has 0 fully saturated rings. The third kappa shape index (κ3) is 2.52. The number of alkyl halides is 1. The van der Waals surface area contributed by atoms with Crippen LogP contribution < -0.4 is 0 Å². The molecule has 0 heterocycles. The fourth-order valence-corrected chi connectivity index (χ4v) is 1.23. The van der Waals surface area contributed by atoms with Gasteiger partial charge in [-0.1, -0.05) is 42.1 Å². The maximum atomic E-state index is 11.7. The van der Waals surface area contributed by atoms with Gasteiger partial charge in [0.25, 0.3) is 0 Å². The van der Waals surface area contributed by atoms with E-state index in [9.17, 15) is 9.50 Å². The molecule has 1 aromatic rings. The van der Waals surface area contributed by atoms with E-state index in [-0.39, 0.29) is 0 Å². The molecule has 11 heavy (non-hydrogen) atoms. The molecule has 1 unspecified atom stereocenters. The van der Waals surface area contributed by atoms with Gasteiger partial charge < -0.3 is 0 Å². The zero-order valence-electron chi connectivity index (χ0n) is 5.87. The highest BCUT2D eigenvalue weighted by Gasteiger charge is 2.07. The molecule has 0 saturated heterocycles. The molecule has 0 aliphatic heterocycles. The van der Waals surface area contributed by atoms with E-state index in [1.165, 1.54) is 0 Å². The summed E-state index contributed by atoms with van der Waals surface area (Å²) in [6.07, 6.45) is 0. The molecule has 59 valence electrons. The van der Waals surface area contributed by atoms with Crippen molar-refractivity contribution in [2.24, 2.45) is 0 Å². The van der Waals surface area contributed by atoms with Crippen molar-refractivity contribution in [3.05, 3.63) is 35.9 Å². The van der Waals surface area contributed by atoms with Gasteiger partial charge in [-0.05, 0) is 5.56 Å². The van der Waals surface area contributed by atoms with Crippen molar-refractivity contribution in [2.75, 3.05) is 6.01 Å². The molecule has 0 N–H and O–H groups in total. The average molecular weight is 171 g/mol. The predicted molar refractivity (Wildman–Crippen MR) is 43.4 cm³/mol. The van der Waals surface area contributed by atoms with Crippen LogP contribution in [0.5, 0.6) is 0 Å². The SMILES string of the molecule is [O]C(SCF)c1ccccc1. The Morgan fingerprint density at radius 3 is 2.55 bits per heavy atom. The van der Waals surface area contributed by atoms with Crippen molar-refractivity contribution in [1.82, 2.24) is 0 Å². The lowest BCUT2D eigenvalue weighted by molar-refractivity contribution is 0.167. The van der Waals surface area contributed by atoms with Crippen molar-refractivity contribution >= 4 is 11.8 Å². The molecule has 0 aromatic heterocycles. The summed E-state index contributed by atoms with van der Waals surface area (Å²) in [6.45, 7) is 0. The van der Waals surface area contributed by atoms with E-state index in [2.05, 4.69) is 0 Å². The second-order valence-electron chi connectivity index (χ2n) is 2.02. The molecule has 1 atom stereocenters. The van der Waals surface area contributed by atoms with Crippen molar-refractivity contribution in [3.8, 4) is 0 Å². The molecular formula is C8H8FOS. The number of rotatable bonds is 3. The van der Waals surface area contributed by atoms with E-state index < -0.39 is 11.4 Å². The van der Waals surface area contributed by atoms with E-state index in [0.717, 1.165) is 11.8 Å². The zero-order valence-corrected chi connectivity index (χ0v) is 6.68. The molecule has 1 rings (SSSR count). The van der Waals surface area contributed by atoms with E-state index >= 15 is 0 Å². The Balaban J connectivity index is 2.61. The van der Waals surface area contributed by atoms with Crippen LogP contribution >= 0.6 is 11.8 Å². The maximum absolute atomic E-state index is 11.7. The summed E-state index contributed by atoms with van der Waals surface area (Å²) in [5.74, 6) is 0. The van der Waals surface area contributed by atoms with Gasteiger partial charge in [-0.25, -0.2) is 9.50 Å². The Hall–Kier alpha value is -0.540. The van der Waals surface area contributed by atoms with Gasteiger partial charge in [-0.15, -0.1) is 0 Å². The van der Waals surface area contributed by atoms with Crippen LogP contribution in [0.3, 0.4) is 0 Å². The average Bonchev–Trinajstić information content (AvgIpc) is 2.07. The zero-order chi connectivity index (χ0) is 8.10. The van der Waals surface area contributed by atoms with E-state index in [1.807, 2.05) is 6.07 Å². The Labute approximate surface area is 69.2 Å². The van der Waals surface area contributed by atoms with E-state index in [1.54, 1.807) is 24.3 Å². The van der Waals surface area contributed by atoms with Gasteiger partial charge in [-0.2, -0.15) is 0 Å². The molecule has 0 spiro atoms. The largest absolute Gasteiger partial charge is 0.239 e. The summed E-state index contributed by atoms with van der Waals surface area (Å²) < 4.78 is 11.7. The number of thioether (sulfide) groups is 1. The Kier molecular flexibility index (Phi) is 3.39. The highest BCUT2D eigenvalue weighted by molar-refractivity contribution is 7.99. The third-order valence-corrected chi connectivity index (χ3v) is 1.99. The van der Waals surface area contributed by atoms with Gasteiger partial charge in [0.15, 0.2) is 5.44 Å². The summed E-state index contributed by atoms with van der Waals surface area (Å²) in [7, 11) is 0. The first kappa shape index (κ1) is 8.56. The molecule has 0 aliphatic rings. The highest BCUT2D eigenvalue weighted by Crippen LogP contribution is 2.25. The van der Waals surface area contributed by atoms with Gasteiger partial charge in [0.05, 0.1) is 0 Å². The standard InChI is InChI=1S/C8H8FOS/c9-6-11-8(10)7-4-2-1-3-5-7/h1-5,8H,6H2. The van der Waals surface area contributed by atoms with Crippen molar-refractivity contribution in [3.63, 3.8) is 0 Å². The number of hydrogen-bond acceptors (Lipinski definition) is 1. The van der Waals surface area contributed by atoms with Crippen LogP contribution in [0.2, 0.25) is 0 Å². The van der Waals surface area contributed by atoms with Gasteiger partial charge in [-0.3, -0.25) is 0 Å². The first-order valence-corrected chi connectivity index (χ1v) is 4.28. The number of hydrogen-bond donors (Lipinski definition) is 0. The summed E-state index contributed by atoms with van der Waals surface area (Å²) >= 11 is 0.762. The summed E-state index contributed by atoms with van der Waals surface area (Å²) in [4.78, 5) is 0. The topological polar surface area (TPSA) is 19.9 Å². The molecule has 3 heteroatoms. The monoisotopic (exact) mass is 171 g/mol. The molecular weight excluding hydrogens is 163 g/mol. The molecule has 0 saturated carbocycles. The first-order valence-electron chi connectivity index (χ1n) is 3.23. The van der Waals surface area contributed by atoms with Gasteiger partial charge in [0, 0.05) is 0 Å². The third-order valence-electron chi connectivity index (χ3n) is 1.29. The second-order valence-corrected chi connectivity index (χ2v) is 3.00. The Morgan fingerprint density at radius 1 is 1.36 bits per heavy atom. The fraction of sp³-hybridized carbons (Fsp3) is 0.250. The van der Waals surface area contributed by atoms with Gasteiger partial charge >= 0.3 is 0 Å². The summed E-state index contributed by atoms with van der Waals surface area (Å²) in [5, 5.41) is 11.1. The van der Waals surface area contributed by atoms with Crippen LogP contribution in [0, 0.1) is 0 Å². The van der Waals surface area contributed by atoms with Crippen molar-refractivity contribution < 1.29 is 9.50 Å². The minimum Gasteiger partial charge on any atom is -0.239 e. The fourth-order valence-electron chi connectivity index (χ4n) is 0.764. The molecule has 0 aliphatic carbocycles. The second kappa shape index (κ2) is 4.36. The molecule has 1 aromatic carbocycles. The maximum Gasteiger partial charge on any atom is 0.166 e. The molecule has 0 amide bonds. The van der Waals surface area contributed by atoms with E-state index in [4.69, 9.17) is 0 Å². The van der Waals surface area contributed by atoms with Gasteiger partial charge in [0.2, 0.25) is 0 Å². The highest BCUT2D eigenvalue weighted by atomic mass is 32.2. The molecule has 1 radical (unpaired) electrons. The normalized spacial score (nSPS) is 12.9. The van der Waals surface area contributed by atoms with Crippen LogP contribution in [-0.4, -0.2) is 6.01 Å². The van der Waals surface area contributed by atoms with Gasteiger partial charge in [0.1, 0.15) is 6.01 Å². The van der Waals surface area contributed by atoms with Crippen LogP contribution in [0.15, 0.2) is 30.3 Å². The first-order chi connectivity index (χ1) is 5.34. The summed E-state index contributed by atoms with van der Waals surface area (Å²) in [6, 6.07) is 8.18. The minimum absolute atomic E-state index is 0.622. The molecule has 1 nitrogen and oxygen atoms in total. The lowest BCUT2D eigenvalue weighted by Crippen LogP contribution is -1.88. The number of halogens is 1. The lowest BCUT2D eigenvalue weighted by Gasteiger charge is -2.03. The Morgan fingerprint density at radius 2 is 2.00 bits per heavy atom. The summed E-state index contributed by atoms with van der Waals surface area (Å²) in [5.41, 5.74) is -0.351. The molecule has 0 bridgehead atoms.